The summed E-state index contributed by atoms with van der Waals surface area (Å²) in [6, 6.07) is -0.381. The Labute approximate surface area is 124 Å². The molecule has 2 N–H and O–H groups in total. The molecule has 7 nitrogen and oxygen atoms in total. The molecule has 1 unspecified atom stereocenters. The number of carbonyl (C=O) groups excluding carboxylic acids is 1. The molecule has 1 aromatic rings. The Morgan fingerprint density at radius 2 is 2.14 bits per heavy atom. The molecule has 21 heavy (non-hydrogen) atoms. The quantitative estimate of drug-likeness (QED) is 0.849. The number of sulfone groups is 1. The van der Waals surface area contributed by atoms with Gasteiger partial charge in [0.1, 0.15) is 5.82 Å². The van der Waals surface area contributed by atoms with E-state index in [1.165, 1.54) is 11.1 Å². The molecule has 0 aromatic carbocycles. The largest absolute Gasteiger partial charge is 0.396 e. The SMILES string of the molecule is CC(C)c1ncc(N)c(C(=O)N2CCS(=O)(=O)CC2C)n1. The molecule has 2 heterocycles. The summed E-state index contributed by atoms with van der Waals surface area (Å²) in [6.07, 6.45) is 1.43. The highest BCUT2D eigenvalue weighted by Gasteiger charge is 2.33. The van der Waals surface area contributed by atoms with E-state index in [4.69, 9.17) is 5.73 Å². The van der Waals surface area contributed by atoms with Crippen molar-refractivity contribution < 1.29 is 13.2 Å². The molecule has 1 saturated heterocycles. The third kappa shape index (κ3) is 3.31. The number of aromatic nitrogens is 2. The highest BCUT2D eigenvalue weighted by molar-refractivity contribution is 7.91. The first kappa shape index (κ1) is 15.7. The molecule has 1 aromatic heterocycles. The maximum absolute atomic E-state index is 12.6. The second-order valence-corrected chi connectivity index (χ2v) is 7.88. The van der Waals surface area contributed by atoms with Crippen molar-refractivity contribution in [1.29, 1.82) is 0 Å². The van der Waals surface area contributed by atoms with Gasteiger partial charge in [-0.05, 0) is 6.92 Å². The van der Waals surface area contributed by atoms with Gasteiger partial charge >= 0.3 is 0 Å². The molecule has 1 aliphatic heterocycles. The van der Waals surface area contributed by atoms with Gasteiger partial charge in [0.05, 0.1) is 23.4 Å². The maximum atomic E-state index is 12.6. The molecule has 116 valence electrons. The first-order valence-electron chi connectivity index (χ1n) is 6.85. The van der Waals surface area contributed by atoms with Crippen LogP contribution in [0.3, 0.4) is 0 Å². The number of anilines is 1. The van der Waals surface area contributed by atoms with Gasteiger partial charge in [-0.25, -0.2) is 18.4 Å². The van der Waals surface area contributed by atoms with Gasteiger partial charge in [0.2, 0.25) is 0 Å². The molecule has 0 radical (unpaired) electrons. The van der Waals surface area contributed by atoms with Gasteiger partial charge in [0.15, 0.2) is 15.5 Å². The van der Waals surface area contributed by atoms with Crippen molar-refractivity contribution in [2.75, 3.05) is 23.8 Å². The minimum atomic E-state index is -3.07. The lowest BCUT2D eigenvalue weighted by Crippen LogP contribution is -2.50. The number of carbonyl (C=O) groups is 1. The summed E-state index contributed by atoms with van der Waals surface area (Å²) in [6.45, 7) is 5.74. The van der Waals surface area contributed by atoms with Crippen LogP contribution in [0.25, 0.3) is 0 Å². The first-order valence-corrected chi connectivity index (χ1v) is 8.67. The monoisotopic (exact) mass is 312 g/mol. The summed E-state index contributed by atoms with van der Waals surface area (Å²) in [4.78, 5) is 22.4. The van der Waals surface area contributed by atoms with Gasteiger partial charge in [-0.3, -0.25) is 4.79 Å². The standard InChI is InChI=1S/C13H20N4O3S/c1-8(2)12-15-6-10(14)11(16-12)13(18)17-4-5-21(19,20)7-9(17)3/h6,8-9H,4-5,7,14H2,1-3H3. The van der Waals surface area contributed by atoms with Crippen LogP contribution in [0.15, 0.2) is 6.20 Å². The molecule has 1 fully saturated rings. The molecule has 0 saturated carbocycles. The third-order valence-corrected chi connectivity index (χ3v) is 5.28. The fourth-order valence-electron chi connectivity index (χ4n) is 2.29. The zero-order valence-corrected chi connectivity index (χ0v) is 13.2. The van der Waals surface area contributed by atoms with Crippen LogP contribution < -0.4 is 5.73 Å². The lowest BCUT2D eigenvalue weighted by Gasteiger charge is -2.33. The van der Waals surface area contributed by atoms with Crippen LogP contribution in [0.5, 0.6) is 0 Å². The Bertz CT molecular complexity index is 657. The molecule has 1 atom stereocenters. The van der Waals surface area contributed by atoms with Crippen LogP contribution >= 0.6 is 0 Å². The Hall–Kier alpha value is -1.70. The first-order chi connectivity index (χ1) is 9.71. The van der Waals surface area contributed by atoms with E-state index in [0.29, 0.717) is 5.82 Å². The summed E-state index contributed by atoms with van der Waals surface area (Å²) in [5.41, 5.74) is 6.17. The number of nitrogens with two attached hydrogens (primary N) is 1. The van der Waals surface area contributed by atoms with E-state index in [9.17, 15) is 13.2 Å². The second kappa shape index (κ2) is 5.59. The molecule has 0 aliphatic carbocycles. The van der Waals surface area contributed by atoms with Gasteiger partial charge in [-0.15, -0.1) is 0 Å². The third-order valence-electron chi connectivity index (χ3n) is 3.49. The van der Waals surface area contributed by atoms with Gasteiger partial charge in [0.25, 0.3) is 5.91 Å². The molecule has 0 spiro atoms. The smallest absolute Gasteiger partial charge is 0.275 e. The highest BCUT2D eigenvalue weighted by Crippen LogP contribution is 2.19. The van der Waals surface area contributed by atoms with Crippen molar-refractivity contribution in [3.63, 3.8) is 0 Å². The zero-order chi connectivity index (χ0) is 15.8. The summed E-state index contributed by atoms with van der Waals surface area (Å²) in [7, 11) is -3.07. The van der Waals surface area contributed by atoms with Gasteiger partial charge in [0, 0.05) is 18.5 Å². The van der Waals surface area contributed by atoms with Crippen molar-refractivity contribution in [2.45, 2.75) is 32.7 Å². The summed E-state index contributed by atoms with van der Waals surface area (Å²) >= 11 is 0. The summed E-state index contributed by atoms with van der Waals surface area (Å²) in [5.74, 6) is 0.242. The molecule has 2 rings (SSSR count). The van der Waals surface area contributed by atoms with Crippen LogP contribution in [0.1, 0.15) is 43.0 Å². The van der Waals surface area contributed by atoms with E-state index < -0.39 is 9.84 Å². The van der Waals surface area contributed by atoms with Crippen LogP contribution in [0.4, 0.5) is 5.69 Å². The number of rotatable bonds is 2. The fraction of sp³-hybridized carbons (Fsp3) is 0.615. The van der Waals surface area contributed by atoms with Crippen LogP contribution in [0.2, 0.25) is 0 Å². The Morgan fingerprint density at radius 3 is 2.71 bits per heavy atom. The average Bonchev–Trinajstić information content (AvgIpc) is 2.37. The van der Waals surface area contributed by atoms with E-state index >= 15 is 0 Å². The van der Waals surface area contributed by atoms with Crippen LogP contribution in [-0.4, -0.2) is 53.3 Å². The normalized spacial score (nSPS) is 21.5. The van der Waals surface area contributed by atoms with Crippen molar-refractivity contribution in [3.8, 4) is 0 Å². The predicted octanol–water partition coefficient (Wildman–Crippen LogP) is 0.441. The highest BCUT2D eigenvalue weighted by atomic mass is 32.2. The van der Waals surface area contributed by atoms with E-state index in [1.807, 2.05) is 13.8 Å². The number of hydrogen-bond donors (Lipinski definition) is 1. The summed E-state index contributed by atoms with van der Waals surface area (Å²) in [5, 5.41) is 0. The predicted molar refractivity (Wildman–Crippen MR) is 79.7 cm³/mol. The topological polar surface area (TPSA) is 106 Å². The van der Waals surface area contributed by atoms with Crippen LogP contribution in [0, 0.1) is 0 Å². The van der Waals surface area contributed by atoms with Crippen molar-refractivity contribution in [1.82, 2.24) is 14.9 Å². The second-order valence-electron chi connectivity index (χ2n) is 5.65. The average molecular weight is 312 g/mol. The Kier molecular flexibility index (Phi) is 4.18. The number of nitrogens with zero attached hydrogens (tertiary/aromatic N) is 3. The summed E-state index contributed by atoms with van der Waals surface area (Å²) < 4.78 is 23.2. The van der Waals surface area contributed by atoms with E-state index in [1.54, 1.807) is 6.92 Å². The minimum Gasteiger partial charge on any atom is -0.396 e. The number of amides is 1. The minimum absolute atomic E-state index is 0.0227. The number of hydrogen-bond acceptors (Lipinski definition) is 6. The molecular weight excluding hydrogens is 292 g/mol. The lowest BCUT2D eigenvalue weighted by atomic mass is 10.2. The molecule has 1 amide bonds. The Balaban J connectivity index is 2.30. The van der Waals surface area contributed by atoms with Crippen molar-refractivity contribution in [3.05, 3.63) is 17.7 Å². The molecular formula is C13H20N4O3S. The lowest BCUT2D eigenvalue weighted by molar-refractivity contribution is 0.0707. The number of nitrogen functional groups attached to an aromatic ring is 1. The van der Waals surface area contributed by atoms with Crippen molar-refractivity contribution >= 4 is 21.4 Å². The van der Waals surface area contributed by atoms with Gasteiger partial charge in [-0.1, -0.05) is 13.8 Å². The molecule has 1 aliphatic rings. The molecule has 0 bridgehead atoms. The molecule has 8 heteroatoms. The zero-order valence-electron chi connectivity index (χ0n) is 12.4. The van der Waals surface area contributed by atoms with Gasteiger partial charge < -0.3 is 10.6 Å². The van der Waals surface area contributed by atoms with Gasteiger partial charge in [-0.2, -0.15) is 0 Å². The fourth-order valence-corrected chi connectivity index (χ4v) is 3.85. The van der Waals surface area contributed by atoms with E-state index in [0.717, 1.165) is 0 Å². The van der Waals surface area contributed by atoms with Crippen LogP contribution in [-0.2, 0) is 9.84 Å². The van der Waals surface area contributed by atoms with E-state index in [-0.39, 0.29) is 47.3 Å². The Morgan fingerprint density at radius 1 is 1.48 bits per heavy atom. The maximum Gasteiger partial charge on any atom is 0.275 e. The van der Waals surface area contributed by atoms with E-state index in [2.05, 4.69) is 9.97 Å². The van der Waals surface area contributed by atoms with Crippen molar-refractivity contribution in [2.24, 2.45) is 0 Å².